The van der Waals surface area contributed by atoms with Gasteiger partial charge in [0.1, 0.15) is 0 Å². The molecule has 0 bridgehead atoms. The molecule has 114 valence electrons. The van der Waals surface area contributed by atoms with E-state index in [1.165, 1.54) is 0 Å². The van der Waals surface area contributed by atoms with E-state index in [1.807, 2.05) is 39.8 Å². The Morgan fingerprint density at radius 2 is 2.00 bits per heavy atom. The van der Waals surface area contributed by atoms with Gasteiger partial charge in [-0.25, -0.2) is 0 Å². The second-order valence-corrected chi connectivity index (χ2v) is 5.42. The summed E-state index contributed by atoms with van der Waals surface area (Å²) in [5.41, 5.74) is 2.47. The van der Waals surface area contributed by atoms with Gasteiger partial charge in [-0.2, -0.15) is 0 Å². The summed E-state index contributed by atoms with van der Waals surface area (Å²) in [7, 11) is 0. The molecule has 1 rings (SSSR count). The van der Waals surface area contributed by atoms with E-state index in [1.54, 1.807) is 18.2 Å². The van der Waals surface area contributed by atoms with E-state index in [0.29, 0.717) is 12.1 Å². The topological polar surface area (TPSA) is 58.2 Å². The molecule has 0 aliphatic heterocycles. The predicted octanol–water partition coefficient (Wildman–Crippen LogP) is 2.80. The summed E-state index contributed by atoms with van der Waals surface area (Å²) >= 11 is 0. The highest BCUT2D eigenvalue weighted by molar-refractivity contribution is 5.94. The van der Waals surface area contributed by atoms with E-state index in [9.17, 15) is 9.59 Å². The van der Waals surface area contributed by atoms with Crippen LogP contribution in [0.5, 0.6) is 0 Å². The second kappa shape index (κ2) is 8.25. The molecule has 4 nitrogen and oxygen atoms in total. The number of benzene rings is 1. The molecular weight excluding hydrogens is 264 g/mol. The van der Waals surface area contributed by atoms with Crippen LogP contribution in [0.15, 0.2) is 35.9 Å². The smallest absolute Gasteiger partial charge is 0.251 e. The van der Waals surface area contributed by atoms with Gasteiger partial charge < -0.3 is 10.6 Å². The number of hydrogen-bond acceptors (Lipinski definition) is 2. The number of amides is 2. The largest absolute Gasteiger partial charge is 0.350 e. The third-order valence-corrected chi connectivity index (χ3v) is 3.07. The molecule has 0 spiro atoms. The first-order valence-corrected chi connectivity index (χ1v) is 7.25. The molecule has 4 heteroatoms. The highest BCUT2D eigenvalue weighted by atomic mass is 16.2. The van der Waals surface area contributed by atoms with Crippen molar-refractivity contribution < 1.29 is 9.59 Å². The quantitative estimate of drug-likeness (QED) is 0.791. The Balaban J connectivity index is 2.66. The third-order valence-electron chi connectivity index (χ3n) is 3.07. The summed E-state index contributed by atoms with van der Waals surface area (Å²) < 4.78 is 0. The summed E-state index contributed by atoms with van der Waals surface area (Å²) in [6.45, 7) is 8.16. The van der Waals surface area contributed by atoms with Crippen molar-refractivity contribution in [2.75, 3.05) is 0 Å². The summed E-state index contributed by atoms with van der Waals surface area (Å²) in [6.07, 6.45) is 2.45. The van der Waals surface area contributed by atoms with Crippen LogP contribution in [0.4, 0.5) is 0 Å². The van der Waals surface area contributed by atoms with Gasteiger partial charge in [-0.3, -0.25) is 9.59 Å². The summed E-state index contributed by atoms with van der Waals surface area (Å²) in [6, 6.07) is 7.45. The minimum Gasteiger partial charge on any atom is -0.350 e. The SMILES string of the molecule is CCC(C)NC(=O)c1cccc(CNC(=O)C=C(C)C)c1. The zero-order valence-corrected chi connectivity index (χ0v) is 13.2. The van der Waals surface area contributed by atoms with Crippen LogP contribution in [0.3, 0.4) is 0 Å². The first kappa shape index (κ1) is 17.0. The van der Waals surface area contributed by atoms with Gasteiger partial charge in [-0.05, 0) is 44.9 Å². The number of carbonyl (C=O) groups is 2. The Morgan fingerprint density at radius 1 is 1.29 bits per heavy atom. The van der Waals surface area contributed by atoms with Gasteiger partial charge in [-0.1, -0.05) is 24.6 Å². The molecule has 21 heavy (non-hydrogen) atoms. The average molecular weight is 288 g/mol. The summed E-state index contributed by atoms with van der Waals surface area (Å²) in [5, 5.41) is 5.73. The van der Waals surface area contributed by atoms with E-state index in [4.69, 9.17) is 0 Å². The van der Waals surface area contributed by atoms with Crippen molar-refractivity contribution in [2.24, 2.45) is 0 Å². The highest BCUT2D eigenvalue weighted by Crippen LogP contribution is 2.06. The Hall–Kier alpha value is -2.10. The van der Waals surface area contributed by atoms with Crippen molar-refractivity contribution in [3.05, 3.63) is 47.0 Å². The second-order valence-electron chi connectivity index (χ2n) is 5.42. The lowest BCUT2D eigenvalue weighted by molar-refractivity contribution is -0.116. The van der Waals surface area contributed by atoms with Crippen molar-refractivity contribution >= 4 is 11.8 Å². The van der Waals surface area contributed by atoms with Gasteiger partial charge in [0.05, 0.1) is 0 Å². The number of allylic oxidation sites excluding steroid dienone is 1. The predicted molar refractivity (Wildman–Crippen MR) is 84.9 cm³/mol. The fraction of sp³-hybridized carbons (Fsp3) is 0.412. The Labute approximate surface area is 126 Å². The van der Waals surface area contributed by atoms with Gasteiger partial charge in [0, 0.05) is 24.2 Å². The van der Waals surface area contributed by atoms with Crippen LogP contribution < -0.4 is 10.6 Å². The van der Waals surface area contributed by atoms with E-state index < -0.39 is 0 Å². The summed E-state index contributed by atoms with van der Waals surface area (Å²) in [4.78, 5) is 23.6. The van der Waals surface area contributed by atoms with Crippen LogP contribution >= 0.6 is 0 Å². The first-order valence-electron chi connectivity index (χ1n) is 7.25. The molecule has 0 aromatic heterocycles. The number of hydrogen-bond donors (Lipinski definition) is 2. The van der Waals surface area contributed by atoms with Crippen LogP contribution in [0.25, 0.3) is 0 Å². The average Bonchev–Trinajstić information content (AvgIpc) is 2.44. The molecule has 1 aromatic carbocycles. The third kappa shape index (κ3) is 6.25. The molecule has 2 amide bonds. The lowest BCUT2D eigenvalue weighted by Crippen LogP contribution is -2.32. The van der Waals surface area contributed by atoms with E-state index in [2.05, 4.69) is 10.6 Å². The number of rotatable bonds is 6. The molecule has 1 unspecified atom stereocenters. The molecule has 1 atom stereocenters. The van der Waals surface area contributed by atoms with Gasteiger partial charge >= 0.3 is 0 Å². The van der Waals surface area contributed by atoms with Crippen LogP contribution in [0.1, 0.15) is 50.0 Å². The fourth-order valence-corrected chi connectivity index (χ4v) is 1.73. The van der Waals surface area contributed by atoms with Crippen LogP contribution in [-0.2, 0) is 11.3 Å². The molecule has 1 aromatic rings. The molecule has 2 N–H and O–H groups in total. The summed E-state index contributed by atoms with van der Waals surface area (Å²) in [5.74, 6) is -0.203. The van der Waals surface area contributed by atoms with Crippen molar-refractivity contribution in [3.63, 3.8) is 0 Å². The Bertz CT molecular complexity index is 531. The van der Waals surface area contributed by atoms with Gasteiger partial charge in [0.25, 0.3) is 5.91 Å². The maximum absolute atomic E-state index is 12.0. The Kier molecular flexibility index (Phi) is 6.66. The standard InChI is InChI=1S/C17H24N2O2/c1-5-13(4)19-17(21)15-8-6-7-14(10-15)11-18-16(20)9-12(2)3/h6-10,13H,5,11H2,1-4H3,(H,18,20)(H,19,21). The fourth-order valence-electron chi connectivity index (χ4n) is 1.73. The van der Waals surface area contributed by atoms with Gasteiger partial charge in [0.15, 0.2) is 0 Å². The van der Waals surface area contributed by atoms with E-state index >= 15 is 0 Å². The van der Waals surface area contributed by atoms with Crippen LogP contribution in [-0.4, -0.2) is 17.9 Å². The van der Waals surface area contributed by atoms with Crippen molar-refractivity contribution in [2.45, 2.75) is 46.7 Å². The molecule has 0 aliphatic rings. The molecule has 0 fully saturated rings. The zero-order valence-electron chi connectivity index (χ0n) is 13.2. The van der Waals surface area contributed by atoms with Crippen molar-refractivity contribution in [3.8, 4) is 0 Å². The van der Waals surface area contributed by atoms with Crippen molar-refractivity contribution in [1.82, 2.24) is 10.6 Å². The van der Waals surface area contributed by atoms with Gasteiger partial charge in [-0.15, -0.1) is 0 Å². The maximum Gasteiger partial charge on any atom is 0.251 e. The Morgan fingerprint density at radius 3 is 2.62 bits per heavy atom. The first-order chi connectivity index (χ1) is 9.92. The van der Waals surface area contributed by atoms with E-state index in [0.717, 1.165) is 17.6 Å². The normalized spacial score (nSPS) is 11.4. The maximum atomic E-state index is 12.0. The molecule has 0 heterocycles. The highest BCUT2D eigenvalue weighted by Gasteiger charge is 2.09. The molecule has 0 saturated carbocycles. The number of carbonyl (C=O) groups excluding carboxylic acids is 2. The van der Waals surface area contributed by atoms with Gasteiger partial charge in [0.2, 0.25) is 5.91 Å². The molecule has 0 saturated heterocycles. The zero-order chi connectivity index (χ0) is 15.8. The molecular formula is C17H24N2O2. The lowest BCUT2D eigenvalue weighted by Gasteiger charge is -2.12. The molecule has 0 aliphatic carbocycles. The minimum absolute atomic E-state index is 0.0816. The van der Waals surface area contributed by atoms with Crippen LogP contribution in [0, 0.1) is 0 Å². The monoisotopic (exact) mass is 288 g/mol. The number of nitrogens with one attached hydrogen (secondary N) is 2. The van der Waals surface area contributed by atoms with E-state index in [-0.39, 0.29) is 17.9 Å². The minimum atomic E-state index is -0.121. The molecule has 0 radical (unpaired) electrons. The van der Waals surface area contributed by atoms with Crippen molar-refractivity contribution in [1.29, 1.82) is 0 Å². The van der Waals surface area contributed by atoms with Crippen LogP contribution in [0.2, 0.25) is 0 Å². The lowest BCUT2D eigenvalue weighted by atomic mass is 10.1.